The Morgan fingerprint density at radius 3 is 2.50 bits per heavy atom. The number of nitrogens with zero attached hydrogens (tertiary/aromatic N) is 1. The Hall–Kier alpha value is -1.88. The lowest BCUT2D eigenvalue weighted by molar-refractivity contribution is -0.164. The highest BCUT2D eigenvalue weighted by molar-refractivity contribution is 5.89. The zero-order valence-corrected chi connectivity index (χ0v) is 14.1. The number of carboxylic acids is 1. The first kappa shape index (κ1) is 17.0. The number of hydrogen-bond acceptors (Lipinski definition) is 3. The first-order valence-electron chi connectivity index (χ1n) is 8.84. The van der Waals surface area contributed by atoms with E-state index < -0.39 is 17.7 Å². The Morgan fingerprint density at radius 1 is 1.25 bits per heavy atom. The monoisotopic (exact) mass is 331 g/mol. The molecular formula is C19H25NO4. The van der Waals surface area contributed by atoms with Gasteiger partial charge in [0, 0.05) is 0 Å². The van der Waals surface area contributed by atoms with Gasteiger partial charge in [0.2, 0.25) is 5.91 Å². The summed E-state index contributed by atoms with van der Waals surface area (Å²) in [4.78, 5) is 26.6. The van der Waals surface area contributed by atoms with Crippen LogP contribution in [0, 0.1) is 0 Å². The summed E-state index contributed by atoms with van der Waals surface area (Å²) in [5, 5.41) is 9.60. The van der Waals surface area contributed by atoms with Crippen LogP contribution in [0.1, 0.15) is 56.9 Å². The Labute approximate surface area is 142 Å². The average molecular weight is 331 g/mol. The number of amides is 1. The van der Waals surface area contributed by atoms with Crippen LogP contribution in [0.25, 0.3) is 0 Å². The topological polar surface area (TPSA) is 66.8 Å². The van der Waals surface area contributed by atoms with Crippen molar-refractivity contribution in [2.75, 3.05) is 6.61 Å². The maximum absolute atomic E-state index is 13.3. The van der Waals surface area contributed by atoms with E-state index in [9.17, 15) is 14.7 Å². The second-order valence-corrected chi connectivity index (χ2v) is 6.75. The molecule has 1 saturated carbocycles. The Kier molecular flexibility index (Phi) is 4.90. The summed E-state index contributed by atoms with van der Waals surface area (Å²) in [6.45, 7) is 2.06. The molecule has 1 saturated heterocycles. The molecule has 0 aromatic heterocycles. The summed E-state index contributed by atoms with van der Waals surface area (Å²) in [5.74, 6) is -1.42. The van der Waals surface area contributed by atoms with Crippen molar-refractivity contribution in [3.8, 4) is 0 Å². The van der Waals surface area contributed by atoms with Crippen molar-refractivity contribution in [2.45, 2.75) is 63.1 Å². The van der Waals surface area contributed by atoms with Crippen LogP contribution >= 0.6 is 0 Å². The van der Waals surface area contributed by atoms with E-state index in [2.05, 4.69) is 0 Å². The number of hydrogen-bond donors (Lipinski definition) is 1. The number of rotatable bonds is 4. The number of aliphatic carboxylic acids is 1. The SMILES string of the molecule is CCC(C(=O)N1C(C(=O)O)COC12CCCCC2)c1ccccc1. The largest absolute Gasteiger partial charge is 0.480 e. The van der Waals surface area contributed by atoms with Crippen LogP contribution in [-0.4, -0.2) is 40.3 Å². The minimum Gasteiger partial charge on any atom is -0.480 e. The van der Waals surface area contributed by atoms with Crippen LogP contribution in [0.3, 0.4) is 0 Å². The fraction of sp³-hybridized carbons (Fsp3) is 0.579. The number of benzene rings is 1. The smallest absolute Gasteiger partial charge is 0.328 e. The van der Waals surface area contributed by atoms with E-state index in [1.54, 1.807) is 4.90 Å². The number of carboxylic acid groups (broad SMARTS) is 1. The molecule has 5 nitrogen and oxygen atoms in total. The molecule has 1 amide bonds. The van der Waals surface area contributed by atoms with E-state index in [0.717, 1.165) is 37.7 Å². The number of carbonyl (C=O) groups is 2. The standard InChI is InChI=1S/C19H25NO4/c1-2-15(14-9-5-3-6-10-14)17(21)20-16(18(22)23)13-24-19(20)11-7-4-8-12-19/h3,5-6,9-10,15-16H,2,4,7-8,11-13H2,1H3,(H,22,23). The highest BCUT2D eigenvalue weighted by Crippen LogP contribution is 2.42. The molecule has 24 heavy (non-hydrogen) atoms. The van der Waals surface area contributed by atoms with Gasteiger partial charge in [-0.15, -0.1) is 0 Å². The molecule has 3 rings (SSSR count). The van der Waals surface area contributed by atoms with Crippen LogP contribution < -0.4 is 0 Å². The molecule has 5 heteroatoms. The van der Waals surface area contributed by atoms with Crippen molar-refractivity contribution in [3.63, 3.8) is 0 Å². The maximum atomic E-state index is 13.3. The van der Waals surface area contributed by atoms with Gasteiger partial charge in [-0.25, -0.2) is 4.79 Å². The number of ether oxygens (including phenoxy) is 1. The van der Waals surface area contributed by atoms with Crippen LogP contribution in [0.4, 0.5) is 0 Å². The van der Waals surface area contributed by atoms with E-state index >= 15 is 0 Å². The molecule has 2 unspecified atom stereocenters. The Bertz CT molecular complexity index is 595. The average Bonchev–Trinajstić information content (AvgIpc) is 2.96. The van der Waals surface area contributed by atoms with Crippen molar-refractivity contribution in [2.24, 2.45) is 0 Å². The van der Waals surface area contributed by atoms with E-state index in [1.807, 2.05) is 37.3 Å². The zero-order valence-electron chi connectivity index (χ0n) is 14.1. The quantitative estimate of drug-likeness (QED) is 0.920. The fourth-order valence-electron chi connectivity index (χ4n) is 4.09. The van der Waals surface area contributed by atoms with Crippen molar-refractivity contribution in [3.05, 3.63) is 35.9 Å². The molecule has 1 aliphatic carbocycles. The lowest BCUT2D eigenvalue weighted by Crippen LogP contribution is -2.55. The van der Waals surface area contributed by atoms with Crippen LogP contribution in [0.2, 0.25) is 0 Å². The normalized spacial score (nSPS) is 24.0. The molecule has 0 bridgehead atoms. The molecule has 1 aromatic rings. The van der Waals surface area contributed by atoms with Gasteiger partial charge >= 0.3 is 5.97 Å². The van der Waals surface area contributed by atoms with Gasteiger partial charge in [-0.1, -0.05) is 43.7 Å². The minimum atomic E-state index is -0.978. The summed E-state index contributed by atoms with van der Waals surface area (Å²) < 4.78 is 5.94. The van der Waals surface area contributed by atoms with Crippen molar-refractivity contribution < 1.29 is 19.4 Å². The number of carbonyl (C=O) groups excluding carboxylic acids is 1. The highest BCUT2D eigenvalue weighted by Gasteiger charge is 2.53. The molecule has 1 heterocycles. The molecule has 2 atom stereocenters. The van der Waals surface area contributed by atoms with Crippen molar-refractivity contribution in [1.29, 1.82) is 0 Å². The molecule has 1 aliphatic heterocycles. The minimum absolute atomic E-state index is 0.0896. The first-order valence-corrected chi connectivity index (χ1v) is 8.84. The molecule has 1 aromatic carbocycles. The van der Waals surface area contributed by atoms with Gasteiger partial charge in [-0.05, 0) is 37.7 Å². The third kappa shape index (κ3) is 2.93. The molecule has 1 N–H and O–H groups in total. The summed E-state index contributed by atoms with van der Waals surface area (Å²) >= 11 is 0. The lowest BCUT2D eigenvalue weighted by atomic mass is 9.87. The zero-order chi connectivity index (χ0) is 17.2. The fourth-order valence-corrected chi connectivity index (χ4v) is 4.09. The van der Waals surface area contributed by atoms with Gasteiger partial charge in [-0.3, -0.25) is 9.69 Å². The van der Waals surface area contributed by atoms with Gasteiger partial charge < -0.3 is 9.84 Å². The van der Waals surface area contributed by atoms with Crippen LogP contribution in [-0.2, 0) is 14.3 Å². The van der Waals surface area contributed by atoms with E-state index in [1.165, 1.54) is 0 Å². The van der Waals surface area contributed by atoms with Gasteiger partial charge in [-0.2, -0.15) is 0 Å². The highest BCUT2D eigenvalue weighted by atomic mass is 16.5. The maximum Gasteiger partial charge on any atom is 0.328 e. The van der Waals surface area contributed by atoms with E-state index in [0.29, 0.717) is 6.42 Å². The van der Waals surface area contributed by atoms with Gasteiger partial charge in [0.05, 0.1) is 12.5 Å². The second kappa shape index (κ2) is 6.93. The molecule has 130 valence electrons. The van der Waals surface area contributed by atoms with Crippen molar-refractivity contribution in [1.82, 2.24) is 4.90 Å². The third-order valence-corrected chi connectivity index (χ3v) is 5.33. The van der Waals surface area contributed by atoms with E-state index in [-0.39, 0.29) is 18.4 Å². The second-order valence-electron chi connectivity index (χ2n) is 6.75. The molecule has 1 spiro atoms. The predicted octanol–water partition coefficient (Wildman–Crippen LogP) is 3.15. The van der Waals surface area contributed by atoms with Crippen LogP contribution in [0.5, 0.6) is 0 Å². The lowest BCUT2D eigenvalue weighted by Gasteiger charge is -2.42. The Morgan fingerprint density at radius 2 is 1.92 bits per heavy atom. The van der Waals surface area contributed by atoms with Crippen LogP contribution in [0.15, 0.2) is 30.3 Å². The van der Waals surface area contributed by atoms with Gasteiger partial charge in [0.15, 0.2) is 6.04 Å². The van der Waals surface area contributed by atoms with Gasteiger partial charge in [0.25, 0.3) is 0 Å². The summed E-state index contributed by atoms with van der Waals surface area (Å²) in [6.07, 6.45) is 5.15. The van der Waals surface area contributed by atoms with Gasteiger partial charge in [0.1, 0.15) is 5.72 Å². The summed E-state index contributed by atoms with van der Waals surface area (Å²) in [6, 6.07) is 8.74. The molecular weight excluding hydrogens is 306 g/mol. The van der Waals surface area contributed by atoms with Crippen molar-refractivity contribution >= 4 is 11.9 Å². The molecule has 0 radical (unpaired) electrons. The summed E-state index contributed by atoms with van der Waals surface area (Å²) in [7, 11) is 0. The Balaban J connectivity index is 1.94. The summed E-state index contributed by atoms with van der Waals surface area (Å²) in [5.41, 5.74) is 0.215. The first-order chi connectivity index (χ1) is 11.6. The third-order valence-electron chi connectivity index (χ3n) is 5.33. The molecule has 2 aliphatic rings. The molecule has 2 fully saturated rings. The van der Waals surface area contributed by atoms with E-state index in [4.69, 9.17) is 4.74 Å². The predicted molar refractivity (Wildman–Crippen MR) is 89.5 cm³/mol.